The van der Waals surface area contributed by atoms with Crippen molar-refractivity contribution in [2.24, 2.45) is 0 Å². The zero-order valence-corrected chi connectivity index (χ0v) is 17.7. The van der Waals surface area contributed by atoms with E-state index in [0.717, 1.165) is 34.4 Å². The molecule has 0 radical (unpaired) electrons. The van der Waals surface area contributed by atoms with E-state index in [9.17, 15) is 9.59 Å². The van der Waals surface area contributed by atoms with Gasteiger partial charge in [0.2, 0.25) is 5.91 Å². The Morgan fingerprint density at radius 3 is 2.67 bits per heavy atom. The second kappa shape index (κ2) is 8.59. The van der Waals surface area contributed by atoms with Gasteiger partial charge in [0.1, 0.15) is 6.54 Å². The maximum absolute atomic E-state index is 12.5. The van der Waals surface area contributed by atoms with Crippen LogP contribution < -0.4 is 10.9 Å². The summed E-state index contributed by atoms with van der Waals surface area (Å²) >= 11 is 1.42. The highest BCUT2D eigenvalue weighted by Crippen LogP contribution is 2.30. The van der Waals surface area contributed by atoms with Crippen LogP contribution in [0, 0.1) is 6.92 Å². The number of hydrogen-bond donors (Lipinski definition) is 1. The van der Waals surface area contributed by atoms with E-state index in [-0.39, 0.29) is 18.0 Å². The molecule has 2 aromatic carbocycles. The van der Waals surface area contributed by atoms with Gasteiger partial charge in [-0.1, -0.05) is 55.8 Å². The van der Waals surface area contributed by atoms with E-state index >= 15 is 0 Å². The fourth-order valence-electron chi connectivity index (χ4n) is 3.37. The van der Waals surface area contributed by atoms with E-state index in [2.05, 4.69) is 46.6 Å². The van der Waals surface area contributed by atoms with Gasteiger partial charge in [-0.15, -0.1) is 11.3 Å². The molecule has 7 heteroatoms. The van der Waals surface area contributed by atoms with Gasteiger partial charge in [-0.3, -0.25) is 9.59 Å². The van der Waals surface area contributed by atoms with E-state index < -0.39 is 0 Å². The summed E-state index contributed by atoms with van der Waals surface area (Å²) < 4.78 is 1.17. The molecule has 30 heavy (non-hydrogen) atoms. The zero-order valence-electron chi connectivity index (χ0n) is 16.9. The maximum Gasteiger partial charge on any atom is 0.275 e. The van der Waals surface area contributed by atoms with Gasteiger partial charge in [0.05, 0.1) is 17.3 Å². The largest absolute Gasteiger partial charge is 0.300 e. The maximum atomic E-state index is 12.5. The monoisotopic (exact) mass is 418 g/mol. The molecule has 2 heterocycles. The number of nitrogens with zero attached hydrogens (tertiary/aromatic N) is 3. The summed E-state index contributed by atoms with van der Waals surface area (Å²) in [6, 6.07) is 15.6. The SMILES string of the molecule is CCCc1ccc(-c2nc(NC(=O)Cn3ncc4ccccc4c3=O)sc2C)cc1. The van der Waals surface area contributed by atoms with Gasteiger partial charge in [0.15, 0.2) is 5.13 Å². The minimum Gasteiger partial charge on any atom is -0.300 e. The second-order valence-corrected chi connectivity index (χ2v) is 8.32. The molecule has 0 aliphatic rings. The molecule has 2 aromatic heterocycles. The van der Waals surface area contributed by atoms with Crippen molar-refractivity contribution in [1.82, 2.24) is 14.8 Å². The Morgan fingerprint density at radius 1 is 1.13 bits per heavy atom. The number of thiazole rings is 1. The molecule has 0 aliphatic carbocycles. The highest BCUT2D eigenvalue weighted by Gasteiger charge is 2.14. The molecule has 0 spiro atoms. The van der Waals surface area contributed by atoms with Crippen molar-refractivity contribution in [3.63, 3.8) is 0 Å². The first kappa shape index (κ1) is 20.0. The lowest BCUT2D eigenvalue weighted by atomic mass is 10.1. The second-order valence-electron chi connectivity index (χ2n) is 7.11. The van der Waals surface area contributed by atoms with Crippen LogP contribution >= 0.6 is 11.3 Å². The smallest absolute Gasteiger partial charge is 0.275 e. The predicted octanol–water partition coefficient (Wildman–Crippen LogP) is 4.42. The Bertz CT molecular complexity index is 1260. The van der Waals surface area contributed by atoms with Crippen molar-refractivity contribution in [2.75, 3.05) is 5.32 Å². The topological polar surface area (TPSA) is 76.9 Å². The Hall–Kier alpha value is -3.32. The van der Waals surface area contributed by atoms with Gasteiger partial charge in [-0.25, -0.2) is 9.67 Å². The number of aryl methyl sites for hydroxylation is 2. The van der Waals surface area contributed by atoms with Gasteiger partial charge >= 0.3 is 0 Å². The van der Waals surface area contributed by atoms with E-state index in [0.29, 0.717) is 10.5 Å². The van der Waals surface area contributed by atoms with Gasteiger partial charge in [0.25, 0.3) is 5.56 Å². The molecule has 0 atom stereocenters. The van der Waals surface area contributed by atoms with Gasteiger partial charge in [0, 0.05) is 15.8 Å². The number of nitrogens with one attached hydrogen (secondary N) is 1. The molecule has 152 valence electrons. The molecule has 4 rings (SSSR count). The van der Waals surface area contributed by atoms with Crippen molar-refractivity contribution < 1.29 is 4.79 Å². The molecule has 0 saturated carbocycles. The van der Waals surface area contributed by atoms with Crippen molar-refractivity contribution >= 4 is 33.1 Å². The van der Waals surface area contributed by atoms with Crippen LogP contribution in [0.1, 0.15) is 23.8 Å². The third kappa shape index (κ3) is 4.16. The molecule has 1 amide bonds. The van der Waals surface area contributed by atoms with E-state index in [1.54, 1.807) is 18.3 Å². The number of aromatic nitrogens is 3. The fourth-order valence-corrected chi connectivity index (χ4v) is 4.22. The van der Waals surface area contributed by atoms with Crippen molar-refractivity contribution in [3.05, 3.63) is 75.5 Å². The number of anilines is 1. The average Bonchev–Trinajstić information content (AvgIpc) is 3.11. The van der Waals surface area contributed by atoms with Crippen LogP contribution in [0.2, 0.25) is 0 Å². The summed E-state index contributed by atoms with van der Waals surface area (Å²) in [7, 11) is 0. The summed E-state index contributed by atoms with van der Waals surface area (Å²) in [6.07, 6.45) is 3.76. The third-order valence-electron chi connectivity index (χ3n) is 4.86. The minimum absolute atomic E-state index is 0.163. The Balaban J connectivity index is 1.50. The number of rotatable bonds is 6. The average molecular weight is 419 g/mol. The van der Waals surface area contributed by atoms with Crippen LogP contribution in [0.25, 0.3) is 22.0 Å². The van der Waals surface area contributed by atoms with Gasteiger partial charge in [-0.05, 0) is 25.0 Å². The van der Waals surface area contributed by atoms with Gasteiger partial charge in [-0.2, -0.15) is 5.10 Å². The molecular formula is C23H22N4O2S. The summed E-state index contributed by atoms with van der Waals surface area (Å²) in [5.41, 5.74) is 2.90. The van der Waals surface area contributed by atoms with Crippen LogP contribution in [-0.2, 0) is 17.8 Å². The molecule has 0 aliphatic heterocycles. The molecule has 0 fully saturated rings. The summed E-state index contributed by atoms with van der Waals surface area (Å²) in [5, 5.41) is 8.71. The van der Waals surface area contributed by atoms with Crippen LogP contribution in [0.15, 0.2) is 59.5 Å². The summed E-state index contributed by atoms with van der Waals surface area (Å²) in [5.74, 6) is -0.335. The van der Waals surface area contributed by atoms with Gasteiger partial charge < -0.3 is 5.32 Å². The lowest BCUT2D eigenvalue weighted by Crippen LogP contribution is -2.29. The number of benzene rings is 2. The Kier molecular flexibility index (Phi) is 5.72. The van der Waals surface area contributed by atoms with Crippen LogP contribution in [0.5, 0.6) is 0 Å². The Labute approximate surface area is 178 Å². The number of amides is 1. The number of carbonyl (C=O) groups is 1. The molecule has 6 nitrogen and oxygen atoms in total. The number of hydrogen-bond acceptors (Lipinski definition) is 5. The van der Waals surface area contributed by atoms with E-state index in [1.165, 1.54) is 21.6 Å². The minimum atomic E-state index is -0.335. The van der Waals surface area contributed by atoms with E-state index in [1.807, 2.05) is 19.1 Å². The predicted molar refractivity (Wildman–Crippen MR) is 121 cm³/mol. The normalized spacial score (nSPS) is 11.0. The molecular weight excluding hydrogens is 396 g/mol. The van der Waals surface area contributed by atoms with Crippen LogP contribution in [0.4, 0.5) is 5.13 Å². The Morgan fingerprint density at radius 2 is 1.90 bits per heavy atom. The number of fused-ring (bicyclic) bond motifs is 1. The summed E-state index contributed by atoms with van der Waals surface area (Å²) in [4.78, 5) is 30.7. The first-order valence-corrected chi connectivity index (χ1v) is 10.7. The standard InChI is InChI=1S/C23H22N4O2S/c1-3-6-16-9-11-17(12-10-16)21-15(2)30-23(26-21)25-20(28)14-27-22(29)19-8-5-4-7-18(19)13-24-27/h4-5,7-13H,3,6,14H2,1-2H3,(H,25,26,28). The first-order chi connectivity index (χ1) is 14.5. The quantitative estimate of drug-likeness (QED) is 0.503. The highest BCUT2D eigenvalue weighted by atomic mass is 32.1. The lowest BCUT2D eigenvalue weighted by Gasteiger charge is -2.05. The molecule has 0 bridgehead atoms. The van der Waals surface area contributed by atoms with Crippen molar-refractivity contribution in [2.45, 2.75) is 33.2 Å². The fraction of sp³-hybridized carbons (Fsp3) is 0.217. The van der Waals surface area contributed by atoms with Crippen molar-refractivity contribution in [1.29, 1.82) is 0 Å². The van der Waals surface area contributed by atoms with Crippen LogP contribution in [-0.4, -0.2) is 20.7 Å². The highest BCUT2D eigenvalue weighted by molar-refractivity contribution is 7.16. The number of carbonyl (C=O) groups excluding carboxylic acids is 1. The zero-order chi connectivity index (χ0) is 21.1. The molecule has 0 unspecified atom stereocenters. The lowest BCUT2D eigenvalue weighted by molar-refractivity contribution is -0.117. The third-order valence-corrected chi connectivity index (χ3v) is 5.75. The van der Waals surface area contributed by atoms with E-state index in [4.69, 9.17) is 0 Å². The first-order valence-electron chi connectivity index (χ1n) is 9.86. The van der Waals surface area contributed by atoms with Crippen LogP contribution in [0.3, 0.4) is 0 Å². The molecule has 4 aromatic rings. The summed E-state index contributed by atoms with van der Waals surface area (Å²) in [6.45, 7) is 3.98. The van der Waals surface area contributed by atoms with Crippen molar-refractivity contribution in [3.8, 4) is 11.3 Å². The molecule has 0 saturated heterocycles. The molecule has 1 N–H and O–H groups in total.